The van der Waals surface area contributed by atoms with Gasteiger partial charge in [0.1, 0.15) is 12.0 Å². The van der Waals surface area contributed by atoms with Crippen LogP contribution in [0.15, 0.2) is 78.0 Å². The van der Waals surface area contributed by atoms with Crippen molar-refractivity contribution in [2.75, 3.05) is 13.1 Å². The normalized spacial score (nSPS) is 24.1. The first-order valence-electron chi connectivity index (χ1n) is 14.7. The lowest BCUT2D eigenvalue weighted by atomic mass is 9.69. The molecule has 1 saturated carbocycles. The maximum atomic E-state index is 15.0. The number of aliphatic hydroxyl groups is 2. The maximum absolute atomic E-state index is 15.0. The summed E-state index contributed by atoms with van der Waals surface area (Å²) >= 11 is 0. The van der Waals surface area contributed by atoms with Crippen LogP contribution in [0, 0.1) is 5.92 Å². The van der Waals surface area contributed by atoms with Crippen LogP contribution in [-0.4, -0.2) is 59.5 Å². The van der Waals surface area contributed by atoms with Gasteiger partial charge in [-0.25, -0.2) is 9.37 Å². The summed E-state index contributed by atoms with van der Waals surface area (Å²) < 4.78 is 18.3. The van der Waals surface area contributed by atoms with E-state index in [9.17, 15) is 19.8 Å². The predicted molar refractivity (Wildman–Crippen MR) is 158 cm³/mol. The fraction of sp³-hybridized carbons (Fsp3) is 0.424. The third-order valence-corrected chi connectivity index (χ3v) is 9.19. The standard InChI is InChI=1S/C33H37FN4O4/c1-32(34)13-11-26(28(19-32)24-5-3-2-4-6-24)30(40)36-17-14-33(42,15-18-36)21-37-22-35-29-27(31(37)41)12-16-38(29)25-9-7-23(20-39)8-10-25/h2-10,12,16,22,26,28,39,42H,11,13-15,17-21H2,1H3/t26-,28+,32?/m1/s1. The largest absolute Gasteiger partial charge is 0.392 e. The van der Waals surface area contributed by atoms with Gasteiger partial charge in [-0.3, -0.25) is 14.2 Å². The lowest BCUT2D eigenvalue weighted by Crippen LogP contribution is -2.52. The van der Waals surface area contributed by atoms with Crippen molar-refractivity contribution in [1.29, 1.82) is 0 Å². The highest BCUT2D eigenvalue weighted by molar-refractivity contribution is 5.80. The van der Waals surface area contributed by atoms with Crippen LogP contribution in [0.4, 0.5) is 4.39 Å². The number of rotatable bonds is 6. The van der Waals surface area contributed by atoms with Crippen LogP contribution < -0.4 is 5.56 Å². The fourth-order valence-electron chi connectivity index (χ4n) is 6.70. The van der Waals surface area contributed by atoms with Crippen molar-refractivity contribution in [3.8, 4) is 5.69 Å². The van der Waals surface area contributed by atoms with E-state index in [0.717, 1.165) is 16.8 Å². The Hall–Kier alpha value is -3.82. The molecule has 9 heteroatoms. The third kappa shape index (κ3) is 5.51. The highest BCUT2D eigenvalue weighted by Crippen LogP contribution is 2.45. The second kappa shape index (κ2) is 11.1. The number of fused-ring (bicyclic) bond motifs is 1. The Morgan fingerprint density at radius 1 is 1.05 bits per heavy atom. The van der Waals surface area contributed by atoms with Gasteiger partial charge in [0.15, 0.2) is 5.65 Å². The van der Waals surface area contributed by atoms with Crippen molar-refractivity contribution < 1.29 is 19.4 Å². The number of hydrogen-bond donors (Lipinski definition) is 2. The molecule has 2 aromatic carbocycles. The molecule has 1 unspecified atom stereocenters. The Labute approximate surface area is 244 Å². The molecule has 1 aliphatic carbocycles. The molecule has 1 aliphatic heterocycles. The summed E-state index contributed by atoms with van der Waals surface area (Å²) in [5.74, 6) is -0.449. The molecule has 0 bridgehead atoms. The summed E-state index contributed by atoms with van der Waals surface area (Å²) in [7, 11) is 0. The zero-order valence-corrected chi connectivity index (χ0v) is 23.8. The predicted octanol–water partition coefficient (Wildman–Crippen LogP) is 4.35. The molecule has 1 saturated heterocycles. The van der Waals surface area contributed by atoms with E-state index in [2.05, 4.69) is 4.98 Å². The van der Waals surface area contributed by atoms with Gasteiger partial charge in [0.25, 0.3) is 5.56 Å². The van der Waals surface area contributed by atoms with Gasteiger partial charge >= 0.3 is 0 Å². The summed E-state index contributed by atoms with van der Waals surface area (Å²) in [6.45, 7) is 2.43. The van der Waals surface area contributed by atoms with E-state index < -0.39 is 11.3 Å². The summed E-state index contributed by atoms with van der Waals surface area (Å²) in [6, 6.07) is 18.8. The molecule has 6 rings (SSSR count). The van der Waals surface area contributed by atoms with Crippen LogP contribution in [0.1, 0.15) is 56.1 Å². The number of carbonyl (C=O) groups is 1. The van der Waals surface area contributed by atoms with Crippen LogP contribution in [-0.2, 0) is 17.9 Å². The molecule has 4 aromatic rings. The molecule has 0 spiro atoms. The van der Waals surface area contributed by atoms with Crippen molar-refractivity contribution in [2.45, 2.75) is 69.4 Å². The number of halogens is 1. The van der Waals surface area contributed by atoms with E-state index >= 15 is 4.39 Å². The third-order valence-electron chi connectivity index (χ3n) is 9.19. The second-order valence-electron chi connectivity index (χ2n) is 12.3. The van der Waals surface area contributed by atoms with E-state index in [0.29, 0.717) is 56.2 Å². The summed E-state index contributed by atoms with van der Waals surface area (Å²) in [4.78, 5) is 33.4. The SMILES string of the molecule is CC1(F)CC[C@@H](C(=O)N2CCC(O)(Cn3cnc4c(ccn4-c4ccc(CO)cc4)c3=O)CC2)[C@H](c2ccccc2)C1. The smallest absolute Gasteiger partial charge is 0.262 e. The van der Waals surface area contributed by atoms with Crippen LogP contribution >= 0.6 is 0 Å². The number of likely N-dealkylation sites (tertiary alicyclic amines) is 1. The lowest BCUT2D eigenvalue weighted by Gasteiger charge is -2.43. The van der Waals surface area contributed by atoms with Crippen LogP contribution in [0.3, 0.4) is 0 Å². The second-order valence-corrected chi connectivity index (χ2v) is 12.3. The number of nitrogens with zero attached hydrogens (tertiary/aromatic N) is 4. The van der Waals surface area contributed by atoms with E-state index in [-0.39, 0.29) is 36.5 Å². The molecule has 0 radical (unpaired) electrons. The van der Waals surface area contributed by atoms with Crippen molar-refractivity contribution in [2.24, 2.45) is 5.92 Å². The average Bonchev–Trinajstić information content (AvgIpc) is 3.44. The van der Waals surface area contributed by atoms with Gasteiger partial charge < -0.3 is 19.7 Å². The van der Waals surface area contributed by atoms with Crippen LogP contribution in [0.5, 0.6) is 0 Å². The number of piperidine rings is 1. The van der Waals surface area contributed by atoms with Gasteiger partial charge in [0.05, 0.1) is 24.1 Å². The molecule has 8 nitrogen and oxygen atoms in total. The summed E-state index contributed by atoms with van der Waals surface area (Å²) in [6.07, 6.45) is 5.11. The van der Waals surface area contributed by atoms with Crippen molar-refractivity contribution in [3.63, 3.8) is 0 Å². The Balaban J connectivity index is 1.15. The van der Waals surface area contributed by atoms with Gasteiger partial charge in [-0.2, -0.15) is 0 Å². The monoisotopic (exact) mass is 572 g/mol. The van der Waals surface area contributed by atoms with Gasteiger partial charge in [-0.05, 0) is 74.3 Å². The minimum atomic E-state index is -1.30. The molecular formula is C33H37FN4O4. The Bertz CT molecular complexity index is 1620. The lowest BCUT2D eigenvalue weighted by molar-refractivity contribution is -0.143. The molecule has 2 aliphatic rings. The molecule has 2 aromatic heterocycles. The molecule has 42 heavy (non-hydrogen) atoms. The van der Waals surface area contributed by atoms with Gasteiger partial charge in [0, 0.05) is 30.9 Å². The minimum absolute atomic E-state index is 0.0232. The highest BCUT2D eigenvalue weighted by Gasteiger charge is 2.44. The number of hydrogen-bond acceptors (Lipinski definition) is 5. The Morgan fingerprint density at radius 3 is 2.45 bits per heavy atom. The number of benzene rings is 2. The Morgan fingerprint density at radius 2 is 1.76 bits per heavy atom. The number of carbonyl (C=O) groups excluding carboxylic acids is 1. The van der Waals surface area contributed by atoms with Crippen LogP contribution in [0.25, 0.3) is 16.7 Å². The summed E-state index contributed by atoms with van der Waals surface area (Å²) in [5, 5.41) is 21.2. The quantitative estimate of drug-likeness (QED) is 0.358. The van der Waals surface area contributed by atoms with Crippen molar-refractivity contribution >= 4 is 16.9 Å². The Kier molecular flexibility index (Phi) is 7.49. The zero-order valence-electron chi connectivity index (χ0n) is 23.8. The van der Waals surface area contributed by atoms with Gasteiger partial charge in [0.2, 0.25) is 5.91 Å². The number of alkyl halides is 1. The number of amides is 1. The molecule has 1 amide bonds. The van der Waals surface area contributed by atoms with Crippen molar-refractivity contribution in [1.82, 2.24) is 19.0 Å². The first kappa shape index (κ1) is 28.3. The first-order chi connectivity index (χ1) is 20.2. The highest BCUT2D eigenvalue weighted by atomic mass is 19.1. The zero-order chi connectivity index (χ0) is 29.5. The van der Waals surface area contributed by atoms with E-state index in [1.165, 1.54) is 10.9 Å². The topological polar surface area (TPSA) is 101 Å². The van der Waals surface area contributed by atoms with E-state index in [1.54, 1.807) is 19.2 Å². The van der Waals surface area contributed by atoms with E-state index in [4.69, 9.17) is 0 Å². The van der Waals surface area contributed by atoms with Gasteiger partial charge in [-0.15, -0.1) is 0 Å². The fourth-order valence-corrected chi connectivity index (χ4v) is 6.70. The molecule has 3 heterocycles. The molecule has 3 atom stereocenters. The molecular weight excluding hydrogens is 535 g/mol. The number of aliphatic hydroxyl groups excluding tert-OH is 1. The molecule has 2 N–H and O–H groups in total. The average molecular weight is 573 g/mol. The van der Waals surface area contributed by atoms with Crippen LogP contribution in [0.2, 0.25) is 0 Å². The first-order valence-corrected chi connectivity index (χ1v) is 14.7. The maximum Gasteiger partial charge on any atom is 0.262 e. The number of aromatic nitrogens is 3. The summed E-state index contributed by atoms with van der Waals surface area (Å²) in [5.41, 5.74) is 0.445. The van der Waals surface area contributed by atoms with Gasteiger partial charge in [-0.1, -0.05) is 42.5 Å². The minimum Gasteiger partial charge on any atom is -0.392 e. The molecule has 2 fully saturated rings. The molecule has 220 valence electrons. The van der Waals surface area contributed by atoms with Crippen molar-refractivity contribution in [3.05, 3.63) is 94.7 Å². The van der Waals surface area contributed by atoms with E-state index in [1.807, 2.05) is 64.1 Å².